The number of hydrogen-bond acceptors (Lipinski definition) is 5. The first-order chi connectivity index (χ1) is 16.3. The number of benzene rings is 3. The van der Waals surface area contributed by atoms with E-state index in [-0.39, 0.29) is 18.4 Å². The maximum Gasteiger partial charge on any atom is 0.270 e. The van der Waals surface area contributed by atoms with E-state index >= 15 is 0 Å². The lowest BCUT2D eigenvalue weighted by molar-refractivity contribution is -0.118. The van der Waals surface area contributed by atoms with Crippen molar-refractivity contribution in [1.29, 1.82) is 0 Å². The van der Waals surface area contributed by atoms with Crippen LogP contribution in [-0.4, -0.2) is 22.7 Å². The van der Waals surface area contributed by atoms with Gasteiger partial charge in [0.1, 0.15) is 5.75 Å². The topological polar surface area (TPSA) is 58.6 Å². The number of rotatable bonds is 6. The Morgan fingerprint density at radius 1 is 1.12 bits per heavy atom. The summed E-state index contributed by atoms with van der Waals surface area (Å²) in [5.74, 6) is -0.0144. The second-order valence-corrected chi connectivity index (χ2v) is 9.83. The van der Waals surface area contributed by atoms with Gasteiger partial charge in [-0.05, 0) is 72.7 Å². The molecule has 0 saturated carbocycles. The Bertz CT molecular complexity index is 1310. The van der Waals surface area contributed by atoms with Crippen molar-refractivity contribution in [3.63, 3.8) is 0 Å². The molecule has 1 heterocycles. The summed E-state index contributed by atoms with van der Waals surface area (Å²) in [4.78, 5) is 27.2. The van der Waals surface area contributed by atoms with Crippen molar-refractivity contribution >= 4 is 80.8 Å². The quantitative estimate of drug-likeness (QED) is 0.284. The molecule has 0 bridgehead atoms. The van der Waals surface area contributed by atoms with Crippen LogP contribution >= 0.6 is 47.2 Å². The van der Waals surface area contributed by atoms with Crippen molar-refractivity contribution in [2.45, 2.75) is 6.92 Å². The van der Waals surface area contributed by atoms with Crippen LogP contribution in [0.15, 0.2) is 71.6 Å². The van der Waals surface area contributed by atoms with Crippen LogP contribution < -0.4 is 15.0 Å². The molecule has 34 heavy (non-hydrogen) atoms. The number of thioether (sulfide) groups is 1. The van der Waals surface area contributed by atoms with Gasteiger partial charge in [0.05, 0.1) is 10.6 Å². The van der Waals surface area contributed by atoms with Gasteiger partial charge in [0, 0.05) is 15.7 Å². The minimum absolute atomic E-state index is 0.173. The average Bonchev–Trinajstić information content (AvgIpc) is 3.09. The highest BCUT2D eigenvalue weighted by Gasteiger charge is 2.33. The smallest absolute Gasteiger partial charge is 0.270 e. The molecule has 5 nitrogen and oxygen atoms in total. The van der Waals surface area contributed by atoms with Gasteiger partial charge in [0.15, 0.2) is 10.9 Å². The second kappa shape index (κ2) is 10.6. The Kier molecular flexibility index (Phi) is 7.58. The fourth-order valence-electron chi connectivity index (χ4n) is 3.20. The van der Waals surface area contributed by atoms with Crippen LogP contribution in [0.5, 0.6) is 5.75 Å². The van der Waals surface area contributed by atoms with Gasteiger partial charge in [-0.15, -0.1) is 0 Å². The monoisotopic (exact) mass is 528 g/mol. The van der Waals surface area contributed by atoms with E-state index in [1.165, 1.54) is 16.7 Å². The van der Waals surface area contributed by atoms with Gasteiger partial charge in [0.25, 0.3) is 11.8 Å². The Morgan fingerprint density at radius 2 is 1.85 bits per heavy atom. The summed E-state index contributed by atoms with van der Waals surface area (Å²) in [5, 5.41) is 3.95. The number of hydrogen-bond donors (Lipinski definition) is 1. The number of nitrogens with one attached hydrogen (secondary N) is 1. The summed E-state index contributed by atoms with van der Waals surface area (Å²) in [6, 6.07) is 19.4. The molecule has 1 fully saturated rings. The highest BCUT2D eigenvalue weighted by atomic mass is 35.5. The first kappa shape index (κ1) is 24.3. The molecule has 1 aliphatic rings. The Morgan fingerprint density at radius 3 is 2.62 bits per heavy atom. The number of thiocarbonyl (C=S) groups is 1. The fraction of sp³-hybridized carbons (Fsp3) is 0.0800. The van der Waals surface area contributed by atoms with Crippen LogP contribution in [0.1, 0.15) is 11.1 Å². The van der Waals surface area contributed by atoms with Gasteiger partial charge in [-0.25, -0.2) is 0 Å². The van der Waals surface area contributed by atoms with Crippen LogP contribution in [0.2, 0.25) is 10.0 Å². The summed E-state index contributed by atoms with van der Waals surface area (Å²) < 4.78 is 6.09. The molecule has 9 heteroatoms. The molecule has 0 atom stereocenters. The van der Waals surface area contributed by atoms with Crippen molar-refractivity contribution in [3.05, 3.63) is 92.8 Å². The zero-order chi connectivity index (χ0) is 24.2. The SMILES string of the molecule is Cc1c(Cl)cccc1NC(=O)COc1cccc(/C=C2\SC(=S)N(c3ccc(Cl)cc3)C2=O)c1. The zero-order valence-corrected chi connectivity index (χ0v) is 21.0. The number of nitrogens with zero attached hydrogens (tertiary/aromatic N) is 1. The maximum atomic E-state index is 13.0. The van der Waals surface area contributed by atoms with Gasteiger partial charge < -0.3 is 10.1 Å². The summed E-state index contributed by atoms with van der Waals surface area (Å²) in [7, 11) is 0. The molecule has 0 unspecified atom stereocenters. The Balaban J connectivity index is 1.42. The van der Waals surface area contributed by atoms with Crippen molar-refractivity contribution in [2.24, 2.45) is 0 Å². The molecule has 3 aromatic rings. The van der Waals surface area contributed by atoms with Gasteiger partial charge in [-0.1, -0.05) is 65.4 Å². The standard InChI is InChI=1S/C25H18Cl2N2O3S2/c1-15-20(27)6-3-7-21(15)28-23(30)14-32-19-5-2-4-16(12-19)13-22-24(31)29(25(33)34-22)18-10-8-17(26)9-11-18/h2-13H,14H2,1H3,(H,28,30)/b22-13-. The molecule has 0 spiro atoms. The zero-order valence-electron chi connectivity index (χ0n) is 17.9. The number of carbonyl (C=O) groups is 2. The van der Waals surface area contributed by atoms with Gasteiger partial charge in [-0.3, -0.25) is 14.5 Å². The normalized spacial score (nSPS) is 14.6. The Labute approximate surface area is 216 Å². The maximum absolute atomic E-state index is 13.0. The van der Waals surface area contributed by atoms with E-state index in [9.17, 15) is 9.59 Å². The van der Waals surface area contributed by atoms with Crippen molar-refractivity contribution in [1.82, 2.24) is 0 Å². The highest BCUT2D eigenvalue weighted by Crippen LogP contribution is 2.36. The largest absolute Gasteiger partial charge is 0.484 e. The van der Waals surface area contributed by atoms with Crippen molar-refractivity contribution in [3.8, 4) is 5.75 Å². The molecule has 2 amide bonds. The molecule has 0 aliphatic carbocycles. The van der Waals surface area contributed by atoms with E-state index in [1.54, 1.807) is 66.7 Å². The minimum atomic E-state index is -0.306. The van der Waals surface area contributed by atoms with E-state index in [2.05, 4.69) is 5.32 Å². The summed E-state index contributed by atoms with van der Waals surface area (Å²) in [5.41, 5.74) is 2.83. The lowest BCUT2D eigenvalue weighted by Crippen LogP contribution is -2.27. The van der Waals surface area contributed by atoms with Crippen molar-refractivity contribution < 1.29 is 14.3 Å². The van der Waals surface area contributed by atoms with Crippen LogP contribution in [0.3, 0.4) is 0 Å². The van der Waals surface area contributed by atoms with Crippen LogP contribution in [0, 0.1) is 6.92 Å². The first-order valence-electron chi connectivity index (χ1n) is 10.1. The van der Waals surface area contributed by atoms with Gasteiger partial charge in [0.2, 0.25) is 0 Å². The molecule has 0 aromatic heterocycles. The molecule has 1 N–H and O–H groups in total. The van der Waals surface area contributed by atoms with E-state index in [4.69, 9.17) is 40.2 Å². The number of ether oxygens (including phenoxy) is 1. The number of anilines is 2. The van der Waals surface area contributed by atoms with E-state index in [0.29, 0.717) is 36.4 Å². The third-order valence-electron chi connectivity index (χ3n) is 4.95. The first-order valence-corrected chi connectivity index (χ1v) is 12.1. The number of amides is 2. The lowest BCUT2D eigenvalue weighted by Gasteiger charge is -2.14. The van der Waals surface area contributed by atoms with Crippen molar-refractivity contribution in [2.75, 3.05) is 16.8 Å². The molecule has 3 aromatic carbocycles. The molecule has 1 aliphatic heterocycles. The molecule has 0 radical (unpaired) electrons. The third-order valence-corrected chi connectivity index (χ3v) is 6.91. The summed E-state index contributed by atoms with van der Waals surface area (Å²) in [6.07, 6.45) is 1.75. The van der Waals surface area contributed by atoms with Gasteiger partial charge >= 0.3 is 0 Å². The second-order valence-electron chi connectivity index (χ2n) is 7.32. The molecular formula is C25H18Cl2N2O3S2. The molecule has 1 saturated heterocycles. The third kappa shape index (κ3) is 5.62. The van der Waals surface area contributed by atoms with E-state index in [1.807, 2.05) is 13.0 Å². The number of carbonyl (C=O) groups excluding carboxylic acids is 2. The summed E-state index contributed by atoms with van der Waals surface area (Å²) in [6.45, 7) is 1.66. The predicted molar refractivity (Wildman–Crippen MR) is 144 cm³/mol. The van der Waals surface area contributed by atoms with E-state index in [0.717, 1.165) is 11.1 Å². The highest BCUT2D eigenvalue weighted by molar-refractivity contribution is 8.27. The summed E-state index contributed by atoms with van der Waals surface area (Å²) >= 11 is 18.7. The average molecular weight is 529 g/mol. The molecule has 4 rings (SSSR count). The fourth-order valence-corrected chi connectivity index (χ4v) is 4.80. The van der Waals surface area contributed by atoms with Gasteiger partial charge in [-0.2, -0.15) is 0 Å². The van der Waals surface area contributed by atoms with Crippen LogP contribution in [0.25, 0.3) is 6.08 Å². The predicted octanol–water partition coefficient (Wildman–Crippen LogP) is 6.73. The minimum Gasteiger partial charge on any atom is -0.484 e. The van der Waals surface area contributed by atoms with Crippen LogP contribution in [-0.2, 0) is 9.59 Å². The van der Waals surface area contributed by atoms with Crippen LogP contribution in [0.4, 0.5) is 11.4 Å². The lowest BCUT2D eigenvalue weighted by atomic mass is 10.2. The number of halogens is 2. The Hall–Kier alpha value is -2.84. The molecular weight excluding hydrogens is 511 g/mol. The van der Waals surface area contributed by atoms with E-state index < -0.39 is 0 Å². The molecule has 172 valence electrons.